The zero-order valence-electron chi connectivity index (χ0n) is 12.7. The van der Waals surface area contributed by atoms with Crippen LogP contribution in [0, 0.1) is 0 Å². The molecule has 1 amide bonds. The highest BCUT2D eigenvalue weighted by molar-refractivity contribution is 9.10. The van der Waals surface area contributed by atoms with Crippen LogP contribution in [-0.2, 0) is 0 Å². The molecule has 0 bridgehead atoms. The molecule has 2 saturated heterocycles. The highest BCUT2D eigenvalue weighted by Gasteiger charge is 2.29. The minimum atomic E-state index is 0.125. The average molecular weight is 384 g/mol. The molecule has 2 aliphatic heterocycles. The van der Waals surface area contributed by atoms with Crippen LogP contribution in [0.5, 0.6) is 0 Å². The summed E-state index contributed by atoms with van der Waals surface area (Å²) in [6.45, 7) is 4.24. The Labute approximate surface area is 144 Å². The summed E-state index contributed by atoms with van der Waals surface area (Å²) >= 11 is 5.39. The van der Waals surface area contributed by atoms with Crippen molar-refractivity contribution in [2.75, 3.05) is 37.7 Å². The number of aromatic nitrogens is 1. The molecule has 3 heterocycles. The van der Waals surface area contributed by atoms with Crippen LogP contribution in [0.15, 0.2) is 22.9 Å². The minimum Gasteiger partial charge on any atom is -0.333 e. The van der Waals surface area contributed by atoms with E-state index in [1.807, 2.05) is 17.8 Å². The lowest BCUT2D eigenvalue weighted by Crippen LogP contribution is -2.47. The van der Waals surface area contributed by atoms with Crippen molar-refractivity contribution in [3.05, 3.63) is 28.5 Å². The number of carbonyl (C=O) groups excluding carboxylic acids is 1. The van der Waals surface area contributed by atoms with Crippen molar-refractivity contribution < 1.29 is 4.79 Å². The van der Waals surface area contributed by atoms with Crippen LogP contribution < -0.4 is 0 Å². The predicted octanol–water partition coefficient (Wildman–Crippen LogP) is 2.89. The number of thioether (sulfide) groups is 1. The summed E-state index contributed by atoms with van der Waals surface area (Å²) in [5, 5.41) is 0. The van der Waals surface area contributed by atoms with Gasteiger partial charge in [0.2, 0.25) is 0 Å². The van der Waals surface area contributed by atoms with E-state index in [-0.39, 0.29) is 5.91 Å². The zero-order valence-corrected chi connectivity index (χ0v) is 15.1. The normalized spacial score (nSPS) is 23.5. The van der Waals surface area contributed by atoms with Gasteiger partial charge in [0.1, 0.15) is 0 Å². The molecule has 2 aliphatic rings. The van der Waals surface area contributed by atoms with Gasteiger partial charge >= 0.3 is 0 Å². The second kappa shape index (κ2) is 7.79. The first kappa shape index (κ1) is 16.3. The van der Waals surface area contributed by atoms with E-state index in [4.69, 9.17) is 0 Å². The molecule has 0 N–H and O–H groups in total. The molecule has 0 aliphatic carbocycles. The molecule has 4 nitrogen and oxygen atoms in total. The summed E-state index contributed by atoms with van der Waals surface area (Å²) in [4.78, 5) is 21.7. The van der Waals surface area contributed by atoms with Gasteiger partial charge in [-0.1, -0.05) is 0 Å². The average Bonchev–Trinajstić information content (AvgIpc) is 2.92. The summed E-state index contributed by atoms with van der Waals surface area (Å²) in [6, 6.07) is 2.19. The lowest BCUT2D eigenvalue weighted by Gasteiger charge is -2.32. The molecular formula is C16H22BrN3OS. The van der Waals surface area contributed by atoms with Crippen LogP contribution in [0.25, 0.3) is 0 Å². The highest BCUT2D eigenvalue weighted by Crippen LogP contribution is 2.22. The fourth-order valence-electron chi connectivity index (χ4n) is 3.21. The Morgan fingerprint density at radius 3 is 2.86 bits per heavy atom. The zero-order chi connectivity index (χ0) is 15.4. The third-order valence-corrected chi connectivity index (χ3v) is 5.95. The lowest BCUT2D eigenvalue weighted by molar-refractivity contribution is 0.0666. The molecule has 1 unspecified atom stereocenters. The fourth-order valence-corrected chi connectivity index (χ4v) is 4.63. The molecule has 6 heteroatoms. The van der Waals surface area contributed by atoms with E-state index in [0.717, 1.165) is 35.5 Å². The van der Waals surface area contributed by atoms with E-state index in [1.54, 1.807) is 12.4 Å². The number of likely N-dealkylation sites (tertiary alicyclic amines) is 1. The van der Waals surface area contributed by atoms with E-state index in [1.165, 1.54) is 25.9 Å². The Kier molecular flexibility index (Phi) is 5.77. The molecule has 0 saturated carbocycles. The van der Waals surface area contributed by atoms with Gasteiger partial charge in [0.05, 0.1) is 11.6 Å². The number of hydrogen-bond donors (Lipinski definition) is 0. The molecule has 0 aromatic carbocycles. The van der Waals surface area contributed by atoms with E-state index >= 15 is 0 Å². The third kappa shape index (κ3) is 4.03. The number of halogens is 1. The molecule has 0 spiro atoms. The van der Waals surface area contributed by atoms with Gasteiger partial charge in [0.25, 0.3) is 5.91 Å². The van der Waals surface area contributed by atoms with E-state index in [9.17, 15) is 4.79 Å². The summed E-state index contributed by atoms with van der Waals surface area (Å²) in [7, 11) is 0. The van der Waals surface area contributed by atoms with Crippen LogP contribution in [0.1, 0.15) is 29.6 Å². The first-order valence-electron chi connectivity index (χ1n) is 7.95. The minimum absolute atomic E-state index is 0.125. The molecule has 22 heavy (non-hydrogen) atoms. The van der Waals surface area contributed by atoms with Crippen molar-refractivity contribution in [3.8, 4) is 0 Å². The van der Waals surface area contributed by atoms with Gasteiger partial charge in [0.15, 0.2) is 0 Å². The molecule has 0 radical (unpaired) electrons. The van der Waals surface area contributed by atoms with Gasteiger partial charge in [-0.15, -0.1) is 0 Å². The lowest BCUT2D eigenvalue weighted by atomic mass is 10.2. The second-order valence-electron chi connectivity index (χ2n) is 5.98. The molecule has 1 aromatic rings. The third-order valence-electron chi connectivity index (χ3n) is 4.32. The molecule has 2 fully saturated rings. The SMILES string of the molecule is O=C(c1cncc(Br)c1)N1CCCSCC1CN1CCCC1. The van der Waals surface area contributed by atoms with Crippen LogP contribution in [-0.4, -0.2) is 64.4 Å². The van der Waals surface area contributed by atoms with Gasteiger partial charge in [-0.25, -0.2) is 0 Å². The number of rotatable bonds is 3. The Bertz CT molecular complexity index is 522. The smallest absolute Gasteiger partial charge is 0.255 e. The monoisotopic (exact) mass is 383 g/mol. The summed E-state index contributed by atoms with van der Waals surface area (Å²) in [5.74, 6) is 2.32. The quantitative estimate of drug-likeness (QED) is 0.803. The highest BCUT2D eigenvalue weighted by atomic mass is 79.9. The number of amides is 1. The van der Waals surface area contributed by atoms with E-state index in [2.05, 4.69) is 30.7 Å². The van der Waals surface area contributed by atoms with Crippen molar-refractivity contribution in [2.45, 2.75) is 25.3 Å². The number of pyridine rings is 1. The summed E-state index contributed by atoms with van der Waals surface area (Å²) in [6.07, 6.45) is 7.07. The standard InChI is InChI=1S/C16H22BrN3OS/c17-14-8-13(9-18-10-14)16(21)20-6-3-7-22-12-15(20)11-19-4-1-2-5-19/h8-10,15H,1-7,11-12H2. The first-order chi connectivity index (χ1) is 10.7. The van der Waals surface area contributed by atoms with Gasteiger partial charge in [-0.05, 0) is 60.1 Å². The summed E-state index contributed by atoms with van der Waals surface area (Å²) < 4.78 is 0.860. The van der Waals surface area contributed by atoms with Gasteiger partial charge < -0.3 is 9.80 Å². The second-order valence-corrected chi connectivity index (χ2v) is 8.05. The number of nitrogens with zero attached hydrogens (tertiary/aromatic N) is 3. The molecule has 120 valence electrons. The van der Waals surface area contributed by atoms with E-state index < -0.39 is 0 Å². The van der Waals surface area contributed by atoms with Gasteiger partial charge in [0, 0.05) is 35.7 Å². The number of hydrogen-bond acceptors (Lipinski definition) is 4. The van der Waals surface area contributed by atoms with Crippen molar-refractivity contribution in [2.24, 2.45) is 0 Å². The first-order valence-corrected chi connectivity index (χ1v) is 9.90. The largest absolute Gasteiger partial charge is 0.333 e. The molecule has 1 aromatic heterocycles. The maximum Gasteiger partial charge on any atom is 0.255 e. The van der Waals surface area contributed by atoms with Gasteiger partial charge in [-0.3, -0.25) is 9.78 Å². The maximum absolute atomic E-state index is 12.9. The topological polar surface area (TPSA) is 36.4 Å². The van der Waals surface area contributed by atoms with Crippen molar-refractivity contribution in [1.29, 1.82) is 0 Å². The summed E-state index contributed by atoms with van der Waals surface area (Å²) in [5.41, 5.74) is 0.688. The van der Waals surface area contributed by atoms with E-state index in [0.29, 0.717) is 11.6 Å². The van der Waals surface area contributed by atoms with Crippen molar-refractivity contribution >= 4 is 33.6 Å². The fraction of sp³-hybridized carbons (Fsp3) is 0.625. The Balaban J connectivity index is 1.75. The molecular weight excluding hydrogens is 362 g/mol. The van der Waals surface area contributed by atoms with Crippen LogP contribution in [0.3, 0.4) is 0 Å². The van der Waals surface area contributed by atoms with Crippen LogP contribution in [0.4, 0.5) is 0 Å². The van der Waals surface area contributed by atoms with Crippen LogP contribution in [0.2, 0.25) is 0 Å². The molecule has 3 rings (SSSR count). The molecule has 1 atom stereocenters. The van der Waals surface area contributed by atoms with Gasteiger partial charge in [-0.2, -0.15) is 11.8 Å². The van der Waals surface area contributed by atoms with Crippen molar-refractivity contribution in [1.82, 2.24) is 14.8 Å². The Morgan fingerprint density at radius 2 is 2.09 bits per heavy atom. The van der Waals surface area contributed by atoms with Crippen LogP contribution >= 0.6 is 27.7 Å². The Morgan fingerprint density at radius 1 is 1.27 bits per heavy atom. The Hall–Kier alpha value is -0.590. The number of carbonyl (C=O) groups is 1. The van der Waals surface area contributed by atoms with Crippen molar-refractivity contribution in [3.63, 3.8) is 0 Å². The maximum atomic E-state index is 12.9. The predicted molar refractivity (Wildman–Crippen MR) is 94.4 cm³/mol.